The molecular weight excluding hydrogens is 347 g/mol. The van der Waals surface area contributed by atoms with Crippen LogP contribution in [-0.4, -0.2) is 24.1 Å². The zero-order valence-electron chi connectivity index (χ0n) is 15.0. The van der Waals surface area contributed by atoms with E-state index < -0.39 is 5.41 Å². The van der Waals surface area contributed by atoms with Crippen molar-refractivity contribution < 1.29 is 18.8 Å². The summed E-state index contributed by atoms with van der Waals surface area (Å²) in [5.74, 6) is -0.973. The number of benzene rings is 2. The molecule has 0 radical (unpaired) electrons. The number of anilines is 1. The molecule has 2 amide bonds. The second-order valence-corrected chi connectivity index (χ2v) is 6.80. The van der Waals surface area contributed by atoms with Gasteiger partial charge < -0.3 is 10.6 Å². The van der Waals surface area contributed by atoms with E-state index in [4.69, 9.17) is 0 Å². The number of carbonyl (C=O) groups excluding carboxylic acids is 3. The standard InChI is InChI=1S/C21H21FN2O3/c1-14(25)16-4-8-18(9-5-16)24-20(27)21(11-12-21)19(26)23-13-10-15-2-6-17(22)7-3-15/h2-9H,10-13H2,1H3,(H,23,26)(H,24,27). The molecule has 2 aromatic carbocycles. The molecule has 3 rings (SSSR count). The Morgan fingerprint density at radius 3 is 2.15 bits per heavy atom. The van der Waals surface area contributed by atoms with Gasteiger partial charge in [-0.3, -0.25) is 14.4 Å². The van der Waals surface area contributed by atoms with Crippen molar-refractivity contribution in [2.45, 2.75) is 26.2 Å². The molecule has 1 saturated carbocycles. The van der Waals surface area contributed by atoms with Crippen molar-refractivity contribution in [1.29, 1.82) is 0 Å². The Labute approximate surface area is 157 Å². The number of rotatable bonds is 7. The summed E-state index contributed by atoms with van der Waals surface area (Å²) in [6.07, 6.45) is 1.58. The Balaban J connectivity index is 1.53. The van der Waals surface area contributed by atoms with Crippen molar-refractivity contribution >= 4 is 23.3 Å². The highest BCUT2D eigenvalue weighted by Gasteiger charge is 2.56. The van der Waals surface area contributed by atoms with Crippen molar-refractivity contribution in [2.75, 3.05) is 11.9 Å². The van der Waals surface area contributed by atoms with E-state index in [0.29, 0.717) is 37.1 Å². The van der Waals surface area contributed by atoms with Gasteiger partial charge >= 0.3 is 0 Å². The largest absolute Gasteiger partial charge is 0.355 e. The van der Waals surface area contributed by atoms with Crippen LogP contribution in [-0.2, 0) is 16.0 Å². The first kappa shape index (κ1) is 18.8. The number of hydrogen-bond acceptors (Lipinski definition) is 3. The van der Waals surface area contributed by atoms with Gasteiger partial charge in [0.1, 0.15) is 11.2 Å². The first-order valence-corrected chi connectivity index (χ1v) is 8.86. The molecule has 0 spiro atoms. The van der Waals surface area contributed by atoms with Crippen LogP contribution in [0.3, 0.4) is 0 Å². The van der Waals surface area contributed by atoms with Crippen molar-refractivity contribution in [1.82, 2.24) is 5.32 Å². The van der Waals surface area contributed by atoms with Gasteiger partial charge in [-0.15, -0.1) is 0 Å². The third kappa shape index (κ3) is 4.39. The molecule has 0 bridgehead atoms. The molecular formula is C21H21FN2O3. The van der Waals surface area contributed by atoms with Gasteiger partial charge in [-0.1, -0.05) is 12.1 Å². The summed E-state index contributed by atoms with van der Waals surface area (Å²) in [5, 5.41) is 5.55. The predicted molar refractivity (Wildman–Crippen MR) is 99.9 cm³/mol. The quantitative estimate of drug-likeness (QED) is 0.582. The molecule has 1 aliphatic rings. The van der Waals surface area contributed by atoms with E-state index in [1.807, 2.05) is 0 Å². The lowest BCUT2D eigenvalue weighted by molar-refractivity contribution is -0.134. The molecule has 0 unspecified atom stereocenters. The maximum Gasteiger partial charge on any atom is 0.240 e. The first-order valence-electron chi connectivity index (χ1n) is 8.86. The number of hydrogen-bond donors (Lipinski definition) is 2. The Bertz CT molecular complexity index is 856. The summed E-state index contributed by atoms with van der Waals surface area (Å²) in [6, 6.07) is 12.7. The summed E-state index contributed by atoms with van der Waals surface area (Å²) in [6.45, 7) is 1.86. The Hall–Kier alpha value is -3.02. The lowest BCUT2D eigenvalue weighted by atomic mass is 10.0. The van der Waals surface area contributed by atoms with Crippen molar-refractivity contribution in [2.24, 2.45) is 5.41 Å². The summed E-state index contributed by atoms with van der Waals surface area (Å²) in [7, 11) is 0. The van der Waals surface area contributed by atoms with Gasteiger partial charge in [0.25, 0.3) is 0 Å². The van der Waals surface area contributed by atoms with Crippen LogP contribution >= 0.6 is 0 Å². The average molecular weight is 368 g/mol. The third-order valence-corrected chi connectivity index (χ3v) is 4.78. The van der Waals surface area contributed by atoms with E-state index in [-0.39, 0.29) is 23.4 Å². The minimum absolute atomic E-state index is 0.0490. The zero-order chi connectivity index (χ0) is 19.4. The molecule has 6 heteroatoms. The van der Waals surface area contributed by atoms with Crippen LogP contribution in [0.25, 0.3) is 0 Å². The van der Waals surface area contributed by atoms with Crippen LogP contribution in [0.15, 0.2) is 48.5 Å². The molecule has 0 aliphatic heterocycles. The van der Waals surface area contributed by atoms with Gasteiger partial charge in [0.15, 0.2) is 5.78 Å². The molecule has 0 atom stereocenters. The van der Waals surface area contributed by atoms with Crippen molar-refractivity contribution in [3.05, 3.63) is 65.5 Å². The van der Waals surface area contributed by atoms with E-state index in [1.165, 1.54) is 19.1 Å². The fourth-order valence-corrected chi connectivity index (χ4v) is 2.86. The molecule has 140 valence electrons. The molecule has 1 fully saturated rings. The number of carbonyl (C=O) groups is 3. The summed E-state index contributed by atoms with van der Waals surface area (Å²) >= 11 is 0. The third-order valence-electron chi connectivity index (χ3n) is 4.78. The molecule has 1 aliphatic carbocycles. The fourth-order valence-electron chi connectivity index (χ4n) is 2.86. The Morgan fingerprint density at radius 1 is 0.963 bits per heavy atom. The van der Waals surface area contributed by atoms with E-state index in [1.54, 1.807) is 36.4 Å². The van der Waals surface area contributed by atoms with Gasteiger partial charge in [-0.2, -0.15) is 0 Å². The van der Waals surface area contributed by atoms with Crippen molar-refractivity contribution in [3.8, 4) is 0 Å². The summed E-state index contributed by atoms with van der Waals surface area (Å²) < 4.78 is 12.9. The molecule has 2 aromatic rings. The fraction of sp³-hybridized carbons (Fsp3) is 0.286. The smallest absolute Gasteiger partial charge is 0.240 e. The number of nitrogens with one attached hydrogen (secondary N) is 2. The van der Waals surface area contributed by atoms with Crippen LogP contribution in [0, 0.1) is 11.2 Å². The van der Waals surface area contributed by atoms with Crippen molar-refractivity contribution in [3.63, 3.8) is 0 Å². The summed E-state index contributed by atoms with van der Waals surface area (Å²) in [5.41, 5.74) is 1.00. The van der Waals surface area contributed by atoms with Crippen LogP contribution in [0.1, 0.15) is 35.7 Å². The highest BCUT2D eigenvalue weighted by Crippen LogP contribution is 2.46. The van der Waals surface area contributed by atoms with Gasteiger partial charge in [0.2, 0.25) is 11.8 Å². The molecule has 0 saturated heterocycles. The van der Waals surface area contributed by atoms with Crippen LogP contribution in [0.5, 0.6) is 0 Å². The van der Waals surface area contributed by atoms with Gasteiger partial charge in [-0.05, 0) is 68.1 Å². The minimum atomic E-state index is -1.03. The second kappa shape index (κ2) is 7.70. The SMILES string of the molecule is CC(=O)c1ccc(NC(=O)C2(C(=O)NCCc3ccc(F)cc3)CC2)cc1. The maximum atomic E-state index is 12.9. The molecule has 2 N–H and O–H groups in total. The van der Waals surface area contributed by atoms with Crippen LogP contribution in [0.4, 0.5) is 10.1 Å². The number of halogens is 1. The van der Waals surface area contributed by atoms with E-state index in [2.05, 4.69) is 10.6 Å². The highest BCUT2D eigenvalue weighted by molar-refractivity contribution is 6.13. The lowest BCUT2D eigenvalue weighted by Gasteiger charge is -2.15. The maximum absolute atomic E-state index is 12.9. The van der Waals surface area contributed by atoms with E-state index in [0.717, 1.165) is 5.56 Å². The molecule has 27 heavy (non-hydrogen) atoms. The highest BCUT2D eigenvalue weighted by atomic mass is 19.1. The van der Waals surface area contributed by atoms with Gasteiger partial charge in [-0.25, -0.2) is 4.39 Å². The molecule has 0 heterocycles. The molecule has 5 nitrogen and oxygen atoms in total. The first-order chi connectivity index (χ1) is 12.9. The van der Waals surface area contributed by atoms with Crippen LogP contribution in [0.2, 0.25) is 0 Å². The van der Waals surface area contributed by atoms with E-state index >= 15 is 0 Å². The zero-order valence-corrected chi connectivity index (χ0v) is 15.0. The second-order valence-electron chi connectivity index (χ2n) is 6.80. The van der Waals surface area contributed by atoms with Crippen LogP contribution < -0.4 is 10.6 Å². The average Bonchev–Trinajstić information content (AvgIpc) is 3.46. The lowest BCUT2D eigenvalue weighted by Crippen LogP contribution is -2.40. The Morgan fingerprint density at radius 2 is 1.59 bits per heavy atom. The Kier molecular flexibility index (Phi) is 5.35. The number of ketones is 1. The van der Waals surface area contributed by atoms with Gasteiger partial charge in [0, 0.05) is 17.8 Å². The normalized spacial score (nSPS) is 14.3. The minimum Gasteiger partial charge on any atom is -0.355 e. The predicted octanol–water partition coefficient (Wildman–Crippen LogP) is 3.11. The summed E-state index contributed by atoms with van der Waals surface area (Å²) in [4.78, 5) is 36.3. The van der Waals surface area contributed by atoms with E-state index in [9.17, 15) is 18.8 Å². The molecule has 0 aromatic heterocycles. The monoisotopic (exact) mass is 368 g/mol. The topological polar surface area (TPSA) is 75.3 Å². The number of amides is 2. The van der Waals surface area contributed by atoms with Gasteiger partial charge in [0.05, 0.1) is 0 Å². The number of Topliss-reactive ketones (excluding diaryl/α,β-unsaturated/α-hetero) is 1.